The number of benzene rings is 1. The molecule has 1 aliphatic rings. The van der Waals surface area contributed by atoms with E-state index in [9.17, 15) is 4.79 Å². The summed E-state index contributed by atoms with van der Waals surface area (Å²) in [6, 6.07) is 1.45. The number of hydrogen-bond donors (Lipinski definition) is 0. The van der Waals surface area contributed by atoms with E-state index in [0.29, 0.717) is 0 Å². The molecule has 1 saturated carbocycles. The highest BCUT2D eigenvalue weighted by Crippen LogP contribution is 2.45. The van der Waals surface area contributed by atoms with E-state index >= 15 is 0 Å². The van der Waals surface area contributed by atoms with Crippen molar-refractivity contribution in [2.24, 2.45) is 0 Å². The van der Waals surface area contributed by atoms with Gasteiger partial charge < -0.3 is 0 Å². The fourth-order valence-corrected chi connectivity index (χ4v) is 3.79. The van der Waals surface area contributed by atoms with Crippen molar-refractivity contribution >= 4 is 61.4 Å². The number of carbonyl (C=O) groups excluding carboxylic acids is 1. The largest absolute Gasteiger partial charge is 0.293 e. The van der Waals surface area contributed by atoms with Crippen molar-refractivity contribution in [3.8, 4) is 0 Å². The van der Waals surface area contributed by atoms with E-state index in [1.54, 1.807) is 0 Å². The SMILES string of the molecule is O=C(c1c(Cl)c(Cl)cc(Cl)c1Cl)C1(P)CCCC1. The maximum atomic E-state index is 12.6. The summed E-state index contributed by atoms with van der Waals surface area (Å²) in [6.07, 6.45) is 3.68. The first-order valence-corrected chi connectivity index (χ1v) is 7.62. The summed E-state index contributed by atoms with van der Waals surface area (Å²) in [6.45, 7) is 0. The molecule has 0 N–H and O–H groups in total. The molecule has 98 valence electrons. The zero-order chi connectivity index (χ0) is 13.5. The highest BCUT2D eigenvalue weighted by molar-refractivity contribution is 7.21. The molecule has 18 heavy (non-hydrogen) atoms. The van der Waals surface area contributed by atoms with Crippen LogP contribution < -0.4 is 0 Å². The highest BCUT2D eigenvalue weighted by Gasteiger charge is 2.39. The number of Topliss-reactive ketones (excluding diaryl/α,β-unsaturated/α-hetero) is 1. The summed E-state index contributed by atoms with van der Waals surface area (Å²) >= 11 is 24.1. The van der Waals surface area contributed by atoms with Crippen LogP contribution in [0, 0.1) is 0 Å². The van der Waals surface area contributed by atoms with Gasteiger partial charge in [-0.25, -0.2) is 0 Å². The van der Waals surface area contributed by atoms with Gasteiger partial charge in [-0.1, -0.05) is 59.2 Å². The number of hydrogen-bond acceptors (Lipinski definition) is 1. The Kier molecular flexibility index (Phi) is 4.52. The first kappa shape index (κ1) is 14.9. The molecule has 1 fully saturated rings. The molecule has 6 heteroatoms. The van der Waals surface area contributed by atoms with E-state index in [4.69, 9.17) is 46.4 Å². The minimum atomic E-state index is -0.485. The molecule has 0 heterocycles. The van der Waals surface area contributed by atoms with Crippen LogP contribution in [0.25, 0.3) is 0 Å². The van der Waals surface area contributed by atoms with Gasteiger partial charge in [0.05, 0.1) is 25.7 Å². The van der Waals surface area contributed by atoms with Crippen molar-refractivity contribution in [2.45, 2.75) is 30.8 Å². The van der Waals surface area contributed by atoms with Crippen molar-refractivity contribution in [3.63, 3.8) is 0 Å². The molecule has 1 aromatic rings. The third-order valence-corrected chi connectivity index (χ3v) is 5.70. The summed E-state index contributed by atoms with van der Waals surface area (Å²) in [4.78, 5) is 12.6. The van der Waals surface area contributed by atoms with Crippen molar-refractivity contribution in [3.05, 3.63) is 31.7 Å². The molecule has 1 aromatic carbocycles. The molecular weight excluding hydrogens is 333 g/mol. The first-order valence-electron chi connectivity index (χ1n) is 5.53. The summed E-state index contributed by atoms with van der Waals surface area (Å²) in [5.74, 6) is -0.0931. The predicted octanol–water partition coefficient (Wildman–Crippen LogP) is 5.67. The lowest BCUT2D eigenvalue weighted by Crippen LogP contribution is -2.29. The summed E-state index contributed by atoms with van der Waals surface area (Å²) in [5.41, 5.74) is 0.243. The first-order chi connectivity index (χ1) is 8.37. The Morgan fingerprint density at radius 1 is 1.06 bits per heavy atom. The van der Waals surface area contributed by atoms with Gasteiger partial charge in [-0.2, -0.15) is 0 Å². The fourth-order valence-electron chi connectivity index (χ4n) is 2.25. The molecule has 0 radical (unpaired) electrons. The number of rotatable bonds is 2. The zero-order valence-electron chi connectivity index (χ0n) is 9.40. The Morgan fingerprint density at radius 3 is 1.94 bits per heavy atom. The lowest BCUT2D eigenvalue weighted by atomic mass is 9.95. The quantitative estimate of drug-likeness (QED) is 0.384. The Balaban J connectivity index is 2.54. The van der Waals surface area contributed by atoms with Gasteiger partial charge in [0, 0.05) is 5.16 Å². The smallest absolute Gasteiger partial charge is 0.175 e. The molecule has 0 aromatic heterocycles. The summed E-state index contributed by atoms with van der Waals surface area (Å²) in [5, 5.41) is 0.387. The second kappa shape index (κ2) is 5.46. The third kappa shape index (κ3) is 2.53. The standard InChI is InChI=1S/C12H11Cl4OP/c13-6-5-7(14)10(16)8(9(6)15)11(17)12(18)3-1-2-4-12/h5H,1-4,18H2. The molecule has 0 bridgehead atoms. The highest BCUT2D eigenvalue weighted by atomic mass is 35.5. The normalized spacial score (nSPS) is 18.1. The van der Waals surface area contributed by atoms with Crippen molar-refractivity contribution in [2.75, 3.05) is 0 Å². The van der Waals surface area contributed by atoms with E-state index < -0.39 is 5.16 Å². The Bertz CT molecular complexity index is 483. The van der Waals surface area contributed by atoms with Gasteiger partial charge in [0.15, 0.2) is 5.78 Å². The average Bonchev–Trinajstić information content (AvgIpc) is 2.75. The van der Waals surface area contributed by atoms with Crippen LogP contribution in [-0.2, 0) is 0 Å². The van der Waals surface area contributed by atoms with Gasteiger partial charge in [-0.3, -0.25) is 4.79 Å². The Labute approximate surface area is 128 Å². The van der Waals surface area contributed by atoms with Crippen LogP contribution in [0.4, 0.5) is 0 Å². The van der Waals surface area contributed by atoms with Gasteiger partial charge in [-0.05, 0) is 18.9 Å². The molecule has 1 atom stereocenters. The van der Waals surface area contributed by atoms with Crippen molar-refractivity contribution in [1.82, 2.24) is 0 Å². The number of ketones is 1. The molecular formula is C12H11Cl4OP. The van der Waals surface area contributed by atoms with E-state index in [0.717, 1.165) is 25.7 Å². The monoisotopic (exact) mass is 342 g/mol. The third-order valence-electron chi connectivity index (χ3n) is 3.29. The summed E-state index contributed by atoms with van der Waals surface area (Å²) < 4.78 is 0. The predicted molar refractivity (Wildman–Crippen MR) is 81.7 cm³/mol. The topological polar surface area (TPSA) is 17.1 Å². The van der Waals surface area contributed by atoms with Gasteiger partial charge in [-0.15, -0.1) is 9.24 Å². The Morgan fingerprint density at radius 2 is 1.50 bits per heavy atom. The van der Waals surface area contributed by atoms with Gasteiger partial charge in [0.2, 0.25) is 0 Å². The van der Waals surface area contributed by atoms with Crippen LogP contribution in [0.5, 0.6) is 0 Å². The average molecular weight is 344 g/mol. The van der Waals surface area contributed by atoms with Gasteiger partial charge >= 0.3 is 0 Å². The van der Waals surface area contributed by atoms with Crippen LogP contribution in [0.15, 0.2) is 6.07 Å². The minimum Gasteiger partial charge on any atom is -0.293 e. The summed E-state index contributed by atoms with van der Waals surface area (Å²) in [7, 11) is 2.64. The van der Waals surface area contributed by atoms with E-state index in [1.807, 2.05) is 0 Å². The molecule has 0 amide bonds. The van der Waals surface area contributed by atoms with Crippen LogP contribution in [0.1, 0.15) is 36.0 Å². The fraction of sp³-hybridized carbons (Fsp3) is 0.417. The van der Waals surface area contributed by atoms with Gasteiger partial charge in [0.1, 0.15) is 0 Å². The molecule has 1 unspecified atom stereocenters. The molecule has 0 spiro atoms. The van der Waals surface area contributed by atoms with E-state index in [-0.39, 0.29) is 31.4 Å². The zero-order valence-corrected chi connectivity index (χ0v) is 13.6. The van der Waals surface area contributed by atoms with Crippen LogP contribution in [0.2, 0.25) is 20.1 Å². The Hall–Kier alpha value is 0.480. The number of halogens is 4. The lowest BCUT2D eigenvalue weighted by molar-refractivity contribution is 0.0944. The molecule has 0 aliphatic heterocycles. The number of carbonyl (C=O) groups is 1. The van der Waals surface area contributed by atoms with Crippen LogP contribution in [0.3, 0.4) is 0 Å². The van der Waals surface area contributed by atoms with Gasteiger partial charge in [0.25, 0.3) is 0 Å². The maximum Gasteiger partial charge on any atom is 0.175 e. The van der Waals surface area contributed by atoms with Crippen LogP contribution in [-0.4, -0.2) is 10.9 Å². The van der Waals surface area contributed by atoms with Crippen LogP contribution >= 0.6 is 55.6 Å². The second-order valence-electron chi connectivity index (χ2n) is 4.54. The van der Waals surface area contributed by atoms with Crippen molar-refractivity contribution in [1.29, 1.82) is 0 Å². The maximum absolute atomic E-state index is 12.6. The molecule has 1 aliphatic carbocycles. The van der Waals surface area contributed by atoms with E-state index in [1.165, 1.54) is 6.07 Å². The second-order valence-corrected chi connectivity index (χ2v) is 7.21. The van der Waals surface area contributed by atoms with E-state index in [2.05, 4.69) is 9.24 Å². The molecule has 2 rings (SSSR count). The molecule has 1 nitrogen and oxygen atoms in total. The minimum absolute atomic E-state index is 0.0931. The van der Waals surface area contributed by atoms with Crippen molar-refractivity contribution < 1.29 is 4.79 Å². The molecule has 0 saturated heterocycles. The lowest BCUT2D eigenvalue weighted by Gasteiger charge is -2.23.